The van der Waals surface area contributed by atoms with Gasteiger partial charge in [0, 0.05) is 75.3 Å². The van der Waals surface area contributed by atoms with Crippen LogP contribution < -0.4 is 35.3 Å². The second-order valence-electron chi connectivity index (χ2n) is 21.0. The topological polar surface area (TPSA) is 314 Å². The van der Waals surface area contributed by atoms with Crippen molar-refractivity contribution in [1.82, 2.24) is 44.3 Å². The molecule has 5 aliphatic heterocycles. The quantitative estimate of drug-likeness (QED) is 0.0486. The molecule has 2 aromatic carbocycles. The van der Waals surface area contributed by atoms with Gasteiger partial charge in [-0.15, -0.1) is 0 Å². The number of carbonyl (C=O) groups excluding carboxylic acids is 10. The van der Waals surface area contributed by atoms with Gasteiger partial charge in [0.15, 0.2) is 23.0 Å². The molecule has 6 amide bonds. The number of carbonyl (C=O) groups is 10. The van der Waals surface area contributed by atoms with Crippen LogP contribution in [0.5, 0.6) is 23.0 Å². The fraction of sp³-hybridized carbons (Fsp3) is 0.364. The highest BCUT2D eigenvalue weighted by molar-refractivity contribution is 6.23. The summed E-state index contributed by atoms with van der Waals surface area (Å²) in [4.78, 5) is 148. The van der Waals surface area contributed by atoms with E-state index in [-0.39, 0.29) is 61.9 Å². The molecule has 5 aromatic rings. The zero-order valence-electron chi connectivity index (χ0n) is 46.4. The molecule has 8 heterocycles. The number of hydrogen-bond acceptors (Lipinski definition) is 20. The highest BCUT2D eigenvalue weighted by Gasteiger charge is 2.52. The summed E-state index contributed by atoms with van der Waals surface area (Å²) >= 11 is 0. The van der Waals surface area contributed by atoms with Gasteiger partial charge in [-0.05, 0) is 62.4 Å². The van der Waals surface area contributed by atoms with E-state index in [1.807, 2.05) is 0 Å². The van der Waals surface area contributed by atoms with Crippen molar-refractivity contribution in [3.8, 4) is 46.1 Å². The van der Waals surface area contributed by atoms with Crippen molar-refractivity contribution in [2.45, 2.75) is 81.4 Å². The summed E-state index contributed by atoms with van der Waals surface area (Å²) in [6.07, 6.45) is -21.6. The number of piperidine rings is 2. The van der Waals surface area contributed by atoms with Crippen molar-refractivity contribution in [3.05, 3.63) is 83.1 Å². The van der Waals surface area contributed by atoms with Gasteiger partial charge in [-0.25, -0.2) is 34.1 Å². The van der Waals surface area contributed by atoms with Crippen molar-refractivity contribution < 1.29 is 120 Å². The van der Waals surface area contributed by atoms with E-state index in [4.69, 9.17) is 5.73 Å². The number of nitrogen functional groups attached to an aromatic ring is 1. The minimum absolute atomic E-state index is 0.0186. The first-order valence-corrected chi connectivity index (χ1v) is 27.1. The molecule has 3 aromatic heterocycles. The van der Waals surface area contributed by atoms with Gasteiger partial charge in [0.05, 0.1) is 29.3 Å². The number of esters is 4. The molecule has 4 fully saturated rings. The van der Waals surface area contributed by atoms with E-state index in [0.29, 0.717) is 44.6 Å². The Hall–Kier alpha value is -10.3. The monoisotopic (exact) mass is 1310 g/mol. The number of likely N-dealkylation sites (tertiary alicyclic amines) is 3. The van der Waals surface area contributed by atoms with Crippen LogP contribution in [0.1, 0.15) is 87.0 Å². The summed E-state index contributed by atoms with van der Waals surface area (Å²) in [6, 6.07) is 5.01. The largest absolute Gasteiger partial charge is 0.491 e. The van der Waals surface area contributed by atoms with Crippen LogP contribution >= 0.6 is 0 Å². The smallest absolute Gasteiger partial charge is 0.415 e. The first-order chi connectivity index (χ1) is 43.2. The molecular formula is C55H41F12N11O14. The number of rotatable bonds is 12. The second-order valence-corrected chi connectivity index (χ2v) is 21.0. The summed E-state index contributed by atoms with van der Waals surface area (Å²) in [7, 11) is 0. The zero-order chi connectivity index (χ0) is 66.7. The summed E-state index contributed by atoms with van der Waals surface area (Å²) < 4.78 is 189. The number of nitrogens with zero attached hydrogens (tertiary/aromatic N) is 8. The average Bonchev–Trinajstić information content (AvgIpc) is 1.35. The van der Waals surface area contributed by atoms with Crippen molar-refractivity contribution in [2.24, 2.45) is 5.92 Å². The Bertz CT molecular complexity index is 3920. The third-order valence-electron chi connectivity index (χ3n) is 15.1. The van der Waals surface area contributed by atoms with Gasteiger partial charge in [-0.2, -0.15) is 52.7 Å². The summed E-state index contributed by atoms with van der Waals surface area (Å²) in [6.45, 7) is 1.38. The molecule has 5 aliphatic rings. The van der Waals surface area contributed by atoms with E-state index >= 15 is 0 Å². The number of benzene rings is 2. The number of nitrogens with two attached hydrogens (primary N) is 1. The predicted octanol–water partition coefficient (Wildman–Crippen LogP) is 5.01. The van der Waals surface area contributed by atoms with E-state index in [2.05, 4.69) is 56.0 Å². The molecule has 10 rings (SSSR count). The van der Waals surface area contributed by atoms with E-state index in [0.717, 1.165) is 46.1 Å². The third kappa shape index (κ3) is 13.0. The Balaban J connectivity index is 0.954. The summed E-state index contributed by atoms with van der Waals surface area (Å²) in [5.41, 5.74) is -0.171. The van der Waals surface area contributed by atoms with E-state index in [1.165, 1.54) is 17.0 Å². The SMILES string of the molecule is Nc1nccn2c([C@@H]3CCCN3C(=O)CN3CCC(N4CC(C#Cc5ccc6c(c5)C(=O)N([C@H]5CCC(=O)NC5=O)C6=O)C4)CC3)nc(-c3c(OC(=O)C(F)(F)F)c(OC(=O)C(F)(F)F)c(C(=O)Nc4ccccn4)c(OC(=O)C(F)(F)F)c3OC(=O)C(F)(F)F)c12. The van der Waals surface area contributed by atoms with Crippen LogP contribution in [-0.2, 0) is 33.6 Å². The maximum absolute atomic E-state index is 14.4. The van der Waals surface area contributed by atoms with Crippen LogP contribution in [0.4, 0.5) is 64.3 Å². The van der Waals surface area contributed by atoms with Crippen LogP contribution in [-0.4, -0.2) is 174 Å². The summed E-state index contributed by atoms with van der Waals surface area (Å²) in [5.74, 6) is -26.4. The zero-order valence-corrected chi connectivity index (χ0v) is 46.4. The Morgan fingerprint density at radius 1 is 0.685 bits per heavy atom. The van der Waals surface area contributed by atoms with Gasteiger partial charge in [-0.3, -0.25) is 53.2 Å². The number of anilines is 2. The Morgan fingerprint density at radius 3 is 1.84 bits per heavy atom. The number of imide groups is 2. The number of alkyl halides is 12. The normalized spacial score (nSPS) is 18.6. The fourth-order valence-electron chi connectivity index (χ4n) is 10.9. The lowest BCUT2D eigenvalue weighted by Crippen LogP contribution is -2.55. The molecule has 0 saturated carbocycles. The lowest BCUT2D eigenvalue weighted by Gasteiger charge is -2.45. The van der Waals surface area contributed by atoms with Crippen molar-refractivity contribution >= 4 is 76.5 Å². The van der Waals surface area contributed by atoms with Crippen molar-refractivity contribution in [3.63, 3.8) is 0 Å². The minimum atomic E-state index is -6.34. The number of halogens is 12. The van der Waals surface area contributed by atoms with Crippen LogP contribution in [0.3, 0.4) is 0 Å². The first kappa shape index (κ1) is 64.7. The predicted molar refractivity (Wildman–Crippen MR) is 280 cm³/mol. The molecule has 25 nitrogen and oxygen atoms in total. The fourth-order valence-corrected chi connectivity index (χ4v) is 10.9. The maximum Gasteiger partial charge on any atom is 0.491 e. The standard InChI is InChI=1S/C55H41F12N11O14/c56-52(57,58)48(85)89-38-34(39(90-49(86)53(59,60)61)41(92-51(88)55(65,66)67)35(40(38)91-50(87)54(62,63)64)45(82)71-31-5-1-2-14-69-31)36-37-42(68)70-15-19-77(37)43(73-36)29-4-3-16-76(29)33(80)23-74-17-12-26(13-18-74)75-21-25(22-75)7-6-24-8-9-27-28(20-24)47(84)78(46(27)83)30-10-11-32(79)72-44(30)81/h1-2,5,8-9,14-15,19-20,25-26,29-30H,3-4,10-13,16-18,21-23H2,(H2,68,70)(H,69,71,82)(H,72,79,81)/t29-,30-/m0/s1. The van der Waals surface area contributed by atoms with Gasteiger partial charge in [0.1, 0.15) is 40.3 Å². The molecular weight excluding hydrogens is 1270 g/mol. The number of amides is 6. The molecule has 92 heavy (non-hydrogen) atoms. The first-order valence-electron chi connectivity index (χ1n) is 27.1. The lowest BCUT2D eigenvalue weighted by molar-refractivity contribution is -0.192. The van der Waals surface area contributed by atoms with Gasteiger partial charge in [0.2, 0.25) is 17.7 Å². The Kier molecular flexibility index (Phi) is 17.2. The van der Waals surface area contributed by atoms with Crippen LogP contribution in [0.15, 0.2) is 55.0 Å². The number of hydrogen-bond donors (Lipinski definition) is 3. The number of ether oxygens (including phenoxy) is 4. The maximum atomic E-state index is 14.4. The van der Waals surface area contributed by atoms with Gasteiger partial charge < -0.3 is 34.9 Å². The molecule has 0 unspecified atom stereocenters. The molecule has 4 saturated heterocycles. The molecule has 0 spiro atoms. The summed E-state index contributed by atoms with van der Waals surface area (Å²) in [5, 5.41) is 3.80. The number of nitrogens with one attached hydrogen (secondary N) is 2. The molecule has 484 valence electrons. The minimum Gasteiger partial charge on any atom is -0.415 e. The van der Waals surface area contributed by atoms with E-state index < -0.39 is 159 Å². The van der Waals surface area contributed by atoms with Crippen LogP contribution in [0.25, 0.3) is 16.8 Å². The van der Waals surface area contributed by atoms with Gasteiger partial charge in [0.25, 0.3) is 17.7 Å². The van der Waals surface area contributed by atoms with E-state index in [9.17, 15) is 101 Å². The highest BCUT2D eigenvalue weighted by Crippen LogP contribution is 2.56. The molecule has 37 heteroatoms. The average molecular weight is 1310 g/mol. The lowest BCUT2D eigenvalue weighted by atomic mass is 9.93. The molecule has 0 bridgehead atoms. The number of fused-ring (bicyclic) bond motifs is 2. The molecule has 0 radical (unpaired) electrons. The Labute approximate surface area is 506 Å². The van der Waals surface area contributed by atoms with Crippen LogP contribution in [0, 0.1) is 17.8 Å². The van der Waals surface area contributed by atoms with Crippen LogP contribution in [0.2, 0.25) is 0 Å². The Morgan fingerprint density at radius 2 is 1.27 bits per heavy atom. The molecule has 4 N–H and O–H groups in total. The number of pyridine rings is 1. The number of aromatic nitrogens is 4. The van der Waals surface area contributed by atoms with Crippen molar-refractivity contribution in [2.75, 3.05) is 50.3 Å². The van der Waals surface area contributed by atoms with Gasteiger partial charge >= 0.3 is 48.6 Å². The van der Waals surface area contributed by atoms with E-state index in [1.54, 1.807) is 16.3 Å². The third-order valence-corrected chi connectivity index (χ3v) is 15.1. The molecule has 0 aliphatic carbocycles. The molecule has 2 atom stereocenters. The van der Waals surface area contributed by atoms with Gasteiger partial charge in [-0.1, -0.05) is 17.9 Å². The highest BCUT2D eigenvalue weighted by atomic mass is 19.4. The number of imidazole rings is 1. The van der Waals surface area contributed by atoms with Crippen molar-refractivity contribution in [1.29, 1.82) is 0 Å². The second kappa shape index (κ2) is 24.5.